The van der Waals surface area contributed by atoms with Crippen molar-refractivity contribution in [1.82, 2.24) is 10.2 Å². The van der Waals surface area contributed by atoms with Gasteiger partial charge >= 0.3 is 0 Å². The third-order valence-electron chi connectivity index (χ3n) is 5.24. The normalized spacial score (nSPS) is 24.0. The van der Waals surface area contributed by atoms with E-state index in [4.69, 9.17) is 4.74 Å². The molecular weight excluding hydrogens is 320 g/mol. The summed E-state index contributed by atoms with van der Waals surface area (Å²) in [6.07, 6.45) is 3.46. The summed E-state index contributed by atoms with van der Waals surface area (Å²) in [6, 6.07) is 6.62. The zero-order chi connectivity index (χ0) is 18.0. The van der Waals surface area contributed by atoms with Gasteiger partial charge in [-0.1, -0.05) is 25.0 Å². The van der Waals surface area contributed by atoms with Crippen LogP contribution in [0, 0.1) is 11.8 Å². The van der Waals surface area contributed by atoms with E-state index >= 15 is 0 Å². The number of amides is 3. The first-order valence-electron chi connectivity index (χ1n) is 8.80. The van der Waals surface area contributed by atoms with Gasteiger partial charge in [-0.15, -0.1) is 0 Å². The summed E-state index contributed by atoms with van der Waals surface area (Å²) in [4.78, 5) is 38.8. The van der Waals surface area contributed by atoms with Gasteiger partial charge in [0.05, 0.1) is 18.9 Å². The molecule has 1 aliphatic heterocycles. The first-order chi connectivity index (χ1) is 12.0. The number of rotatable bonds is 5. The molecule has 0 unspecified atom stereocenters. The number of fused-ring (bicyclic) bond motifs is 1. The third kappa shape index (κ3) is 3.38. The van der Waals surface area contributed by atoms with Gasteiger partial charge in [-0.05, 0) is 37.5 Å². The van der Waals surface area contributed by atoms with Gasteiger partial charge in [-0.25, -0.2) is 0 Å². The largest absolute Gasteiger partial charge is 0.497 e. The van der Waals surface area contributed by atoms with Crippen molar-refractivity contribution in [3.05, 3.63) is 29.8 Å². The van der Waals surface area contributed by atoms with Gasteiger partial charge in [0.15, 0.2) is 0 Å². The van der Waals surface area contributed by atoms with Gasteiger partial charge in [0.1, 0.15) is 11.8 Å². The Morgan fingerprint density at radius 2 is 1.88 bits per heavy atom. The molecule has 2 aliphatic rings. The molecule has 0 aromatic heterocycles. The number of nitrogens with one attached hydrogen (secondary N) is 1. The molecule has 1 N–H and O–H groups in total. The van der Waals surface area contributed by atoms with Crippen LogP contribution in [0.4, 0.5) is 0 Å². The predicted molar refractivity (Wildman–Crippen MR) is 91.6 cm³/mol. The summed E-state index contributed by atoms with van der Waals surface area (Å²) in [5.41, 5.74) is 0.896. The number of methoxy groups -OCH3 is 1. The number of likely N-dealkylation sites (tertiary alicyclic amines) is 1. The van der Waals surface area contributed by atoms with E-state index in [1.807, 2.05) is 24.3 Å². The van der Waals surface area contributed by atoms with Crippen LogP contribution in [0.25, 0.3) is 0 Å². The van der Waals surface area contributed by atoms with Crippen LogP contribution in [0.1, 0.15) is 38.2 Å². The fourth-order valence-corrected chi connectivity index (χ4v) is 3.81. The SMILES string of the molecule is COc1cccc(CNC(=O)[C@H](C)N2C(=O)[C@H]3CCCC[C@H]3C2=O)c1. The maximum absolute atomic E-state index is 12.6. The van der Waals surface area contributed by atoms with Crippen LogP contribution in [-0.4, -0.2) is 35.8 Å². The minimum Gasteiger partial charge on any atom is -0.497 e. The van der Waals surface area contributed by atoms with E-state index in [1.165, 1.54) is 4.90 Å². The number of nitrogens with zero attached hydrogens (tertiary/aromatic N) is 1. The molecule has 1 saturated carbocycles. The van der Waals surface area contributed by atoms with Crippen LogP contribution in [-0.2, 0) is 20.9 Å². The van der Waals surface area contributed by atoms with Crippen molar-refractivity contribution in [3.8, 4) is 5.75 Å². The Balaban J connectivity index is 1.63. The molecule has 2 fully saturated rings. The van der Waals surface area contributed by atoms with Gasteiger partial charge in [0.2, 0.25) is 17.7 Å². The van der Waals surface area contributed by atoms with E-state index in [0.717, 1.165) is 31.2 Å². The molecule has 6 nitrogen and oxygen atoms in total. The van der Waals surface area contributed by atoms with Crippen LogP contribution in [0.2, 0.25) is 0 Å². The van der Waals surface area contributed by atoms with Crippen molar-refractivity contribution in [2.24, 2.45) is 11.8 Å². The summed E-state index contributed by atoms with van der Waals surface area (Å²) >= 11 is 0. The first kappa shape index (κ1) is 17.5. The van der Waals surface area contributed by atoms with E-state index in [-0.39, 0.29) is 29.6 Å². The van der Waals surface area contributed by atoms with Gasteiger partial charge < -0.3 is 10.1 Å². The minimum atomic E-state index is -0.781. The lowest BCUT2D eigenvalue weighted by atomic mass is 9.81. The Morgan fingerprint density at radius 1 is 1.24 bits per heavy atom. The second kappa shape index (κ2) is 7.25. The number of hydrogen-bond donors (Lipinski definition) is 1. The topological polar surface area (TPSA) is 75.7 Å². The smallest absolute Gasteiger partial charge is 0.243 e. The number of hydrogen-bond acceptors (Lipinski definition) is 4. The number of carbonyl (C=O) groups is 3. The number of benzene rings is 1. The monoisotopic (exact) mass is 344 g/mol. The molecule has 3 rings (SSSR count). The second-order valence-electron chi connectivity index (χ2n) is 6.79. The Morgan fingerprint density at radius 3 is 2.48 bits per heavy atom. The lowest BCUT2D eigenvalue weighted by Gasteiger charge is -2.22. The minimum absolute atomic E-state index is 0.182. The quantitative estimate of drug-likeness (QED) is 0.828. The predicted octanol–water partition coefficient (Wildman–Crippen LogP) is 1.88. The standard InChI is InChI=1S/C19H24N2O4/c1-12(17(22)20-11-13-6-5-7-14(10-13)25-2)21-18(23)15-8-3-4-9-16(15)19(21)24/h5-7,10,12,15-16H,3-4,8-9,11H2,1-2H3,(H,20,22)/t12-,15-,16+/m0/s1. The highest BCUT2D eigenvalue weighted by Crippen LogP contribution is 2.38. The molecule has 1 heterocycles. The summed E-state index contributed by atoms with van der Waals surface area (Å²) in [5.74, 6) is -0.417. The zero-order valence-corrected chi connectivity index (χ0v) is 14.7. The Bertz CT molecular complexity index is 664. The molecule has 1 saturated heterocycles. The summed E-state index contributed by atoms with van der Waals surface area (Å²) in [5, 5.41) is 2.81. The first-order valence-corrected chi connectivity index (χ1v) is 8.80. The van der Waals surface area contributed by atoms with Crippen LogP contribution in [0.5, 0.6) is 5.75 Å². The fraction of sp³-hybridized carbons (Fsp3) is 0.526. The van der Waals surface area contributed by atoms with Crippen LogP contribution in [0.3, 0.4) is 0 Å². The Labute approximate surface area is 147 Å². The highest BCUT2D eigenvalue weighted by Gasteiger charge is 2.50. The molecule has 25 heavy (non-hydrogen) atoms. The lowest BCUT2D eigenvalue weighted by molar-refractivity contribution is -0.147. The summed E-state index contributed by atoms with van der Waals surface area (Å²) in [6.45, 7) is 1.94. The zero-order valence-electron chi connectivity index (χ0n) is 14.7. The molecule has 0 bridgehead atoms. The molecule has 3 atom stereocenters. The number of ether oxygens (including phenoxy) is 1. The average Bonchev–Trinajstić information content (AvgIpc) is 2.90. The summed E-state index contributed by atoms with van der Waals surface area (Å²) < 4.78 is 5.16. The molecular formula is C19H24N2O4. The molecule has 134 valence electrons. The van der Waals surface area contributed by atoms with Crippen molar-refractivity contribution < 1.29 is 19.1 Å². The number of imide groups is 1. The molecule has 1 aromatic carbocycles. The van der Waals surface area contributed by atoms with Gasteiger partial charge in [0, 0.05) is 6.54 Å². The van der Waals surface area contributed by atoms with Crippen molar-refractivity contribution in [3.63, 3.8) is 0 Å². The van der Waals surface area contributed by atoms with Crippen LogP contribution >= 0.6 is 0 Å². The number of carbonyl (C=O) groups excluding carboxylic acids is 3. The maximum Gasteiger partial charge on any atom is 0.243 e. The third-order valence-corrected chi connectivity index (χ3v) is 5.24. The summed E-state index contributed by atoms with van der Waals surface area (Å²) in [7, 11) is 1.59. The van der Waals surface area contributed by atoms with Crippen molar-refractivity contribution in [2.45, 2.75) is 45.2 Å². The Hall–Kier alpha value is -2.37. The molecule has 0 radical (unpaired) electrons. The Kier molecular flexibility index (Phi) is 5.06. The van der Waals surface area contributed by atoms with E-state index in [9.17, 15) is 14.4 Å². The van der Waals surface area contributed by atoms with Crippen molar-refractivity contribution in [2.75, 3.05) is 7.11 Å². The van der Waals surface area contributed by atoms with Gasteiger partial charge in [-0.3, -0.25) is 19.3 Å². The van der Waals surface area contributed by atoms with Crippen LogP contribution in [0.15, 0.2) is 24.3 Å². The second-order valence-corrected chi connectivity index (χ2v) is 6.79. The molecule has 1 aromatic rings. The van der Waals surface area contributed by atoms with E-state index in [0.29, 0.717) is 12.3 Å². The van der Waals surface area contributed by atoms with E-state index < -0.39 is 6.04 Å². The molecule has 1 aliphatic carbocycles. The highest BCUT2D eigenvalue weighted by molar-refractivity contribution is 6.08. The van der Waals surface area contributed by atoms with Crippen LogP contribution < -0.4 is 10.1 Å². The lowest BCUT2D eigenvalue weighted by Crippen LogP contribution is -2.48. The van der Waals surface area contributed by atoms with Crippen molar-refractivity contribution in [1.29, 1.82) is 0 Å². The van der Waals surface area contributed by atoms with Gasteiger partial charge in [-0.2, -0.15) is 0 Å². The van der Waals surface area contributed by atoms with E-state index in [1.54, 1.807) is 14.0 Å². The molecule has 6 heteroatoms. The highest BCUT2D eigenvalue weighted by atomic mass is 16.5. The van der Waals surface area contributed by atoms with E-state index in [2.05, 4.69) is 5.32 Å². The van der Waals surface area contributed by atoms with Crippen molar-refractivity contribution >= 4 is 17.7 Å². The van der Waals surface area contributed by atoms with Gasteiger partial charge in [0.25, 0.3) is 0 Å². The molecule has 0 spiro atoms. The average molecular weight is 344 g/mol. The maximum atomic E-state index is 12.6. The fourth-order valence-electron chi connectivity index (χ4n) is 3.81. The molecule has 3 amide bonds.